The number of carbonyl (C=O) groups excluding carboxylic acids is 1. The second kappa shape index (κ2) is 12.1. The summed E-state index contributed by atoms with van der Waals surface area (Å²) in [5, 5.41) is 4.21. The van der Waals surface area contributed by atoms with Gasteiger partial charge < -0.3 is 14.0 Å². The molecule has 39 heavy (non-hydrogen) atoms. The lowest BCUT2D eigenvalue weighted by Gasteiger charge is -2.27. The highest BCUT2D eigenvalue weighted by atomic mass is 31.2. The van der Waals surface area contributed by atoms with Crippen molar-refractivity contribution in [2.75, 3.05) is 13.7 Å². The van der Waals surface area contributed by atoms with E-state index in [1.165, 1.54) is 0 Å². The molecule has 1 heterocycles. The van der Waals surface area contributed by atoms with Crippen molar-refractivity contribution in [2.24, 2.45) is 4.74 Å². The second-order valence-electron chi connectivity index (χ2n) is 8.97. The molecule has 6 heteroatoms. The molecule has 0 aliphatic carbocycles. The van der Waals surface area contributed by atoms with Crippen molar-refractivity contribution in [1.29, 1.82) is 0 Å². The number of methoxy groups -OCH3 is 1. The van der Waals surface area contributed by atoms with Crippen molar-refractivity contribution >= 4 is 45.9 Å². The molecule has 0 fully saturated rings. The predicted molar refractivity (Wildman–Crippen MR) is 161 cm³/mol. The standard InChI is InChI=1S/C33H31N2O3P/c1-3-38-33(36)31(24-27-23-26-15-13-14-22-32(26)35(27)25-37-2)34-39(28-16-7-4-8-17-28,29-18-9-5-10-19-29)30-20-11-6-12-21-30/h4-24H,3,25H2,1-2H3/b31-24-. The molecule has 0 saturated carbocycles. The minimum absolute atomic E-state index is 0.250. The van der Waals surface area contributed by atoms with Crippen LogP contribution in [0.3, 0.4) is 0 Å². The smallest absolute Gasteiger partial charge is 0.356 e. The Morgan fingerprint density at radius 1 is 0.795 bits per heavy atom. The van der Waals surface area contributed by atoms with E-state index in [0.29, 0.717) is 6.73 Å². The Morgan fingerprint density at radius 3 is 1.82 bits per heavy atom. The van der Waals surface area contributed by atoms with Gasteiger partial charge in [0.15, 0.2) is 0 Å². The number of para-hydroxylation sites is 1. The van der Waals surface area contributed by atoms with Gasteiger partial charge in [-0.1, -0.05) is 109 Å². The molecular weight excluding hydrogens is 503 g/mol. The fourth-order valence-corrected chi connectivity index (χ4v) is 8.33. The summed E-state index contributed by atoms with van der Waals surface area (Å²) in [5.74, 6) is -0.459. The summed E-state index contributed by atoms with van der Waals surface area (Å²) in [7, 11) is -1.01. The Labute approximate surface area is 229 Å². The van der Waals surface area contributed by atoms with E-state index in [2.05, 4.69) is 48.5 Å². The zero-order chi connectivity index (χ0) is 27.1. The van der Waals surface area contributed by atoms with Crippen molar-refractivity contribution in [3.63, 3.8) is 0 Å². The first kappa shape index (κ1) is 26.4. The molecular formula is C33H31N2O3P. The van der Waals surface area contributed by atoms with Crippen molar-refractivity contribution < 1.29 is 14.3 Å². The normalized spacial score (nSPS) is 11.9. The molecule has 0 radical (unpaired) electrons. The first-order valence-corrected chi connectivity index (χ1v) is 14.7. The SMILES string of the molecule is CCOC(=O)/C(=C/c1cc2ccccc2n1COC)N=P(c1ccccc1)(c1ccccc1)c1ccccc1. The minimum Gasteiger partial charge on any atom is -0.461 e. The number of hydrogen-bond acceptors (Lipinski definition) is 4. The molecule has 5 rings (SSSR count). The minimum atomic E-state index is -2.67. The number of esters is 1. The van der Waals surface area contributed by atoms with Gasteiger partial charge in [0.2, 0.25) is 0 Å². The Bertz CT molecular complexity index is 1540. The number of ether oxygens (including phenoxy) is 2. The quantitative estimate of drug-likeness (QED) is 0.126. The van der Waals surface area contributed by atoms with Crippen molar-refractivity contribution in [2.45, 2.75) is 13.7 Å². The molecule has 0 saturated heterocycles. The summed E-state index contributed by atoms with van der Waals surface area (Å²) in [5.41, 5.74) is 2.10. The maximum atomic E-state index is 13.6. The van der Waals surface area contributed by atoms with Crippen LogP contribution < -0.4 is 15.9 Å². The van der Waals surface area contributed by atoms with Gasteiger partial charge in [-0.05, 0) is 25.1 Å². The number of nitrogens with zero attached hydrogens (tertiary/aromatic N) is 2. The zero-order valence-electron chi connectivity index (χ0n) is 22.1. The predicted octanol–water partition coefficient (Wildman–Crippen LogP) is 6.33. The van der Waals surface area contributed by atoms with Crippen LogP contribution in [0.1, 0.15) is 12.6 Å². The van der Waals surface area contributed by atoms with Gasteiger partial charge in [-0.2, -0.15) is 0 Å². The van der Waals surface area contributed by atoms with E-state index in [4.69, 9.17) is 14.2 Å². The van der Waals surface area contributed by atoms with E-state index in [-0.39, 0.29) is 12.3 Å². The second-order valence-corrected chi connectivity index (χ2v) is 12.0. The van der Waals surface area contributed by atoms with Crippen LogP contribution >= 0.6 is 7.05 Å². The summed E-state index contributed by atoms with van der Waals surface area (Å²) in [6.45, 7) is 2.40. The van der Waals surface area contributed by atoms with Crippen LogP contribution in [0.25, 0.3) is 17.0 Å². The summed E-state index contributed by atoms with van der Waals surface area (Å²) in [6, 6.07) is 40.9. The van der Waals surface area contributed by atoms with Gasteiger partial charge >= 0.3 is 5.97 Å². The summed E-state index contributed by atoms with van der Waals surface area (Å²) >= 11 is 0. The van der Waals surface area contributed by atoms with Gasteiger partial charge in [0.05, 0.1) is 19.2 Å². The average Bonchev–Trinajstić information content (AvgIpc) is 3.33. The number of carbonyl (C=O) groups is 1. The third-order valence-electron chi connectivity index (χ3n) is 6.52. The van der Waals surface area contributed by atoms with Gasteiger partial charge in [-0.15, -0.1) is 0 Å². The first-order valence-electron chi connectivity index (χ1n) is 12.9. The molecule has 1 aromatic heterocycles. The Kier molecular flexibility index (Phi) is 8.21. The molecule has 0 bridgehead atoms. The maximum absolute atomic E-state index is 13.6. The molecule has 0 aliphatic rings. The fraction of sp³-hybridized carbons (Fsp3) is 0.121. The van der Waals surface area contributed by atoms with Crippen molar-refractivity contribution in [3.05, 3.63) is 133 Å². The third-order valence-corrected chi connectivity index (χ3v) is 10.2. The summed E-state index contributed by atoms with van der Waals surface area (Å²) in [4.78, 5) is 13.6. The molecule has 0 atom stereocenters. The van der Waals surface area contributed by atoms with Crippen molar-refractivity contribution in [1.82, 2.24) is 4.57 Å². The summed E-state index contributed by atoms with van der Waals surface area (Å²) in [6.07, 6.45) is 1.83. The first-order chi connectivity index (χ1) is 19.2. The molecule has 0 N–H and O–H groups in total. The van der Waals surface area contributed by atoms with E-state index >= 15 is 0 Å². The lowest BCUT2D eigenvalue weighted by atomic mass is 10.2. The van der Waals surface area contributed by atoms with E-state index < -0.39 is 13.0 Å². The van der Waals surface area contributed by atoms with Gasteiger partial charge in [0.1, 0.15) is 12.4 Å². The molecule has 0 unspecified atom stereocenters. The molecule has 4 aromatic carbocycles. The zero-order valence-corrected chi connectivity index (χ0v) is 23.0. The van der Waals surface area contributed by atoms with Crippen LogP contribution in [0.2, 0.25) is 0 Å². The molecule has 0 aliphatic heterocycles. The Morgan fingerprint density at radius 2 is 1.31 bits per heavy atom. The van der Waals surface area contributed by atoms with Crippen LogP contribution in [0.4, 0.5) is 0 Å². The van der Waals surface area contributed by atoms with Gasteiger partial charge in [0, 0.05) is 34.1 Å². The average molecular weight is 535 g/mol. The van der Waals surface area contributed by atoms with E-state index in [1.54, 1.807) is 7.11 Å². The van der Waals surface area contributed by atoms with Crippen LogP contribution in [-0.2, 0) is 21.0 Å². The van der Waals surface area contributed by atoms with Crippen LogP contribution in [0, 0.1) is 0 Å². The molecule has 0 spiro atoms. The van der Waals surface area contributed by atoms with Gasteiger partial charge in [-0.25, -0.2) is 9.54 Å². The third kappa shape index (κ3) is 5.37. The van der Waals surface area contributed by atoms with E-state index in [1.807, 2.05) is 90.4 Å². The molecule has 0 amide bonds. The maximum Gasteiger partial charge on any atom is 0.356 e. The van der Waals surface area contributed by atoms with E-state index in [0.717, 1.165) is 32.5 Å². The van der Waals surface area contributed by atoms with Crippen molar-refractivity contribution in [3.8, 4) is 0 Å². The number of benzene rings is 4. The largest absolute Gasteiger partial charge is 0.461 e. The molecule has 5 aromatic rings. The number of rotatable bonds is 9. The lowest BCUT2D eigenvalue weighted by Crippen LogP contribution is -2.26. The number of fused-ring (bicyclic) bond motifs is 1. The highest BCUT2D eigenvalue weighted by Crippen LogP contribution is 2.48. The topological polar surface area (TPSA) is 52.8 Å². The lowest BCUT2D eigenvalue weighted by molar-refractivity contribution is -0.138. The van der Waals surface area contributed by atoms with Gasteiger partial charge in [0.25, 0.3) is 0 Å². The monoisotopic (exact) mass is 534 g/mol. The fourth-order valence-electron chi connectivity index (χ4n) is 4.81. The number of hydrogen-bond donors (Lipinski definition) is 0. The highest BCUT2D eigenvalue weighted by Gasteiger charge is 2.29. The van der Waals surface area contributed by atoms with E-state index in [9.17, 15) is 4.79 Å². The van der Waals surface area contributed by atoms with Crippen LogP contribution in [0.15, 0.2) is 132 Å². The van der Waals surface area contributed by atoms with Crippen LogP contribution in [-0.4, -0.2) is 24.3 Å². The Hall–Kier alpha value is -4.18. The number of aromatic nitrogens is 1. The van der Waals surface area contributed by atoms with Gasteiger partial charge in [-0.3, -0.25) is 0 Å². The van der Waals surface area contributed by atoms with Crippen LogP contribution in [0.5, 0.6) is 0 Å². The highest BCUT2D eigenvalue weighted by molar-refractivity contribution is 7.87. The Balaban J connectivity index is 1.88. The molecule has 5 nitrogen and oxygen atoms in total. The summed E-state index contributed by atoms with van der Waals surface area (Å²) < 4.78 is 18.6. The molecule has 196 valence electrons.